The van der Waals surface area contributed by atoms with Crippen LogP contribution >= 0.6 is 0 Å². The molecular weight excluding hydrogens is 208 g/mol. The van der Waals surface area contributed by atoms with Gasteiger partial charge in [0.05, 0.1) is 0 Å². The molecular formula is C15H24N2. The van der Waals surface area contributed by atoms with Crippen LogP contribution in [0, 0.1) is 12.8 Å². The number of rotatable bonds is 4. The average molecular weight is 232 g/mol. The quantitative estimate of drug-likeness (QED) is 0.857. The molecule has 0 aromatic heterocycles. The van der Waals surface area contributed by atoms with Crippen molar-refractivity contribution in [2.75, 3.05) is 26.7 Å². The van der Waals surface area contributed by atoms with Crippen LogP contribution in [0.5, 0.6) is 0 Å². The van der Waals surface area contributed by atoms with Gasteiger partial charge in [0, 0.05) is 13.1 Å². The molecule has 0 spiro atoms. The third kappa shape index (κ3) is 3.83. The zero-order chi connectivity index (χ0) is 12.1. The molecule has 2 heteroatoms. The molecule has 17 heavy (non-hydrogen) atoms. The Labute approximate surface area is 105 Å². The largest absolute Gasteiger partial charge is 0.316 e. The molecule has 0 unspecified atom stereocenters. The van der Waals surface area contributed by atoms with Gasteiger partial charge in [-0.05, 0) is 56.9 Å². The zero-order valence-electron chi connectivity index (χ0n) is 11.1. The highest BCUT2D eigenvalue weighted by Crippen LogP contribution is 2.14. The molecule has 0 aliphatic carbocycles. The van der Waals surface area contributed by atoms with Crippen molar-refractivity contribution in [3.8, 4) is 0 Å². The SMILES string of the molecule is Cc1ccccc1CN(C)C[C@H]1CCCNC1. The van der Waals surface area contributed by atoms with E-state index in [0.717, 1.165) is 12.5 Å². The van der Waals surface area contributed by atoms with Gasteiger partial charge in [0.1, 0.15) is 0 Å². The minimum absolute atomic E-state index is 0.831. The van der Waals surface area contributed by atoms with E-state index in [4.69, 9.17) is 0 Å². The van der Waals surface area contributed by atoms with Crippen LogP contribution in [0.2, 0.25) is 0 Å². The summed E-state index contributed by atoms with van der Waals surface area (Å²) in [6.45, 7) is 6.88. The predicted octanol–water partition coefficient (Wildman–Crippen LogP) is 2.43. The van der Waals surface area contributed by atoms with Gasteiger partial charge in [-0.15, -0.1) is 0 Å². The van der Waals surface area contributed by atoms with Crippen LogP contribution in [0.25, 0.3) is 0 Å². The van der Waals surface area contributed by atoms with E-state index >= 15 is 0 Å². The summed E-state index contributed by atoms with van der Waals surface area (Å²) in [6, 6.07) is 8.69. The van der Waals surface area contributed by atoms with Crippen molar-refractivity contribution >= 4 is 0 Å². The summed E-state index contributed by atoms with van der Waals surface area (Å²) in [5, 5.41) is 3.49. The van der Waals surface area contributed by atoms with Gasteiger partial charge in [0.2, 0.25) is 0 Å². The summed E-state index contributed by atoms with van der Waals surface area (Å²) in [6.07, 6.45) is 2.72. The molecule has 1 heterocycles. The molecule has 1 saturated heterocycles. The Morgan fingerprint density at radius 2 is 2.18 bits per heavy atom. The van der Waals surface area contributed by atoms with E-state index in [2.05, 4.69) is 48.5 Å². The molecule has 0 saturated carbocycles. The molecule has 0 radical (unpaired) electrons. The fourth-order valence-electron chi connectivity index (χ4n) is 2.66. The second-order valence-electron chi connectivity index (χ2n) is 5.34. The summed E-state index contributed by atoms with van der Waals surface area (Å²) in [7, 11) is 2.24. The zero-order valence-corrected chi connectivity index (χ0v) is 11.1. The number of nitrogens with one attached hydrogen (secondary N) is 1. The first-order valence-electron chi connectivity index (χ1n) is 6.69. The maximum Gasteiger partial charge on any atom is 0.0233 e. The van der Waals surface area contributed by atoms with Crippen LogP contribution < -0.4 is 5.32 Å². The monoisotopic (exact) mass is 232 g/mol. The average Bonchev–Trinajstić information content (AvgIpc) is 2.33. The Bertz CT molecular complexity index is 343. The number of hydrogen-bond donors (Lipinski definition) is 1. The Morgan fingerprint density at radius 3 is 2.88 bits per heavy atom. The lowest BCUT2D eigenvalue weighted by molar-refractivity contribution is 0.237. The smallest absolute Gasteiger partial charge is 0.0233 e. The first-order valence-corrected chi connectivity index (χ1v) is 6.69. The van der Waals surface area contributed by atoms with Gasteiger partial charge < -0.3 is 10.2 Å². The standard InChI is InChI=1S/C15H24N2/c1-13-6-3-4-8-15(13)12-17(2)11-14-7-5-9-16-10-14/h3-4,6,8,14,16H,5,7,9-12H2,1-2H3/t14-/m0/s1. The summed E-state index contributed by atoms with van der Waals surface area (Å²) in [4.78, 5) is 2.46. The minimum Gasteiger partial charge on any atom is -0.316 e. The lowest BCUT2D eigenvalue weighted by atomic mass is 9.99. The van der Waals surface area contributed by atoms with Crippen LogP contribution in [0.3, 0.4) is 0 Å². The highest BCUT2D eigenvalue weighted by molar-refractivity contribution is 5.25. The topological polar surface area (TPSA) is 15.3 Å². The highest BCUT2D eigenvalue weighted by Gasteiger charge is 2.15. The van der Waals surface area contributed by atoms with Gasteiger partial charge in [-0.1, -0.05) is 24.3 Å². The predicted molar refractivity (Wildman–Crippen MR) is 73.1 cm³/mol. The van der Waals surface area contributed by atoms with Gasteiger partial charge >= 0.3 is 0 Å². The number of aryl methyl sites for hydroxylation is 1. The van der Waals surface area contributed by atoms with Crippen LogP contribution in [0.15, 0.2) is 24.3 Å². The molecule has 0 bridgehead atoms. The van der Waals surface area contributed by atoms with Gasteiger partial charge in [-0.25, -0.2) is 0 Å². The van der Waals surface area contributed by atoms with Gasteiger partial charge in [0.25, 0.3) is 0 Å². The fourth-order valence-corrected chi connectivity index (χ4v) is 2.66. The molecule has 1 atom stereocenters. The third-order valence-electron chi connectivity index (χ3n) is 3.67. The van der Waals surface area contributed by atoms with Gasteiger partial charge in [-0.3, -0.25) is 0 Å². The first-order chi connectivity index (χ1) is 8.25. The molecule has 2 rings (SSSR count). The first kappa shape index (κ1) is 12.6. The summed E-state index contributed by atoms with van der Waals surface area (Å²) in [5.74, 6) is 0.831. The Kier molecular flexibility index (Phi) is 4.57. The molecule has 1 aliphatic heterocycles. The summed E-state index contributed by atoms with van der Waals surface area (Å²) in [5.41, 5.74) is 2.86. The van der Waals surface area contributed by atoms with Gasteiger partial charge in [0.15, 0.2) is 0 Å². The van der Waals surface area contributed by atoms with E-state index in [1.807, 2.05) is 0 Å². The third-order valence-corrected chi connectivity index (χ3v) is 3.67. The maximum atomic E-state index is 3.49. The van der Waals surface area contributed by atoms with Crippen molar-refractivity contribution in [1.82, 2.24) is 10.2 Å². The summed E-state index contributed by atoms with van der Waals surface area (Å²) >= 11 is 0. The van der Waals surface area contributed by atoms with E-state index < -0.39 is 0 Å². The molecule has 94 valence electrons. The number of nitrogens with zero attached hydrogens (tertiary/aromatic N) is 1. The number of piperidine rings is 1. The van der Waals surface area contributed by atoms with Crippen LogP contribution in [-0.2, 0) is 6.54 Å². The highest BCUT2D eigenvalue weighted by atomic mass is 15.1. The van der Waals surface area contributed by atoms with Crippen molar-refractivity contribution in [3.05, 3.63) is 35.4 Å². The van der Waals surface area contributed by atoms with Crippen molar-refractivity contribution in [2.24, 2.45) is 5.92 Å². The number of benzene rings is 1. The molecule has 1 aromatic rings. The number of hydrogen-bond acceptors (Lipinski definition) is 2. The van der Waals surface area contributed by atoms with E-state index in [1.54, 1.807) is 0 Å². The van der Waals surface area contributed by atoms with Crippen LogP contribution in [-0.4, -0.2) is 31.6 Å². The minimum atomic E-state index is 0.831. The van der Waals surface area contributed by atoms with Crippen molar-refractivity contribution < 1.29 is 0 Å². The molecule has 1 aliphatic rings. The van der Waals surface area contributed by atoms with Gasteiger partial charge in [-0.2, -0.15) is 0 Å². The van der Waals surface area contributed by atoms with Crippen molar-refractivity contribution in [3.63, 3.8) is 0 Å². The maximum absolute atomic E-state index is 3.49. The lowest BCUT2D eigenvalue weighted by Gasteiger charge is -2.28. The summed E-state index contributed by atoms with van der Waals surface area (Å²) < 4.78 is 0. The Balaban J connectivity index is 1.84. The van der Waals surface area contributed by atoms with E-state index in [0.29, 0.717) is 0 Å². The van der Waals surface area contributed by atoms with Crippen molar-refractivity contribution in [2.45, 2.75) is 26.3 Å². The molecule has 2 nitrogen and oxygen atoms in total. The van der Waals surface area contributed by atoms with E-state index in [1.165, 1.54) is 43.6 Å². The van der Waals surface area contributed by atoms with Crippen molar-refractivity contribution in [1.29, 1.82) is 0 Å². The van der Waals surface area contributed by atoms with E-state index in [-0.39, 0.29) is 0 Å². The second-order valence-corrected chi connectivity index (χ2v) is 5.34. The van der Waals surface area contributed by atoms with E-state index in [9.17, 15) is 0 Å². The Hall–Kier alpha value is -0.860. The molecule has 1 N–H and O–H groups in total. The Morgan fingerprint density at radius 1 is 1.35 bits per heavy atom. The lowest BCUT2D eigenvalue weighted by Crippen LogP contribution is -2.36. The molecule has 1 fully saturated rings. The normalized spacial score (nSPS) is 20.8. The molecule has 1 aromatic carbocycles. The molecule has 0 amide bonds. The second kappa shape index (κ2) is 6.18. The fraction of sp³-hybridized carbons (Fsp3) is 0.600. The van der Waals surface area contributed by atoms with Crippen LogP contribution in [0.4, 0.5) is 0 Å². The van der Waals surface area contributed by atoms with Crippen LogP contribution in [0.1, 0.15) is 24.0 Å².